The Hall–Kier alpha value is -3.10. The lowest BCUT2D eigenvalue weighted by molar-refractivity contribution is 0.0113. The zero-order chi connectivity index (χ0) is 22.6. The van der Waals surface area contributed by atoms with E-state index in [9.17, 15) is 23.2 Å². The van der Waals surface area contributed by atoms with Crippen LogP contribution in [0.2, 0.25) is 0 Å². The van der Waals surface area contributed by atoms with Crippen LogP contribution in [-0.4, -0.2) is 40.7 Å². The highest BCUT2D eigenvalue weighted by atomic mass is 19.3. The number of rotatable bonds is 8. The van der Waals surface area contributed by atoms with Gasteiger partial charge in [-0.25, -0.2) is 23.1 Å². The van der Waals surface area contributed by atoms with Crippen LogP contribution in [0.1, 0.15) is 68.8 Å². The molecule has 9 heteroatoms. The lowest BCUT2D eigenvalue weighted by atomic mass is 10.0. The molecule has 1 heterocycles. The average molecular weight is 422 g/mol. The van der Waals surface area contributed by atoms with Gasteiger partial charge in [0.1, 0.15) is 6.54 Å². The Kier molecular flexibility index (Phi) is 7.07. The first-order chi connectivity index (χ1) is 14.0. The quantitative estimate of drug-likeness (QED) is 0.474. The highest BCUT2D eigenvalue weighted by Crippen LogP contribution is 2.34. The predicted molar refractivity (Wildman–Crippen MR) is 104 cm³/mol. The summed E-state index contributed by atoms with van der Waals surface area (Å²) in [4.78, 5) is 37.5. The van der Waals surface area contributed by atoms with Crippen molar-refractivity contribution in [3.05, 3.63) is 51.8 Å². The van der Waals surface area contributed by atoms with Gasteiger partial charge in [-0.05, 0) is 44.9 Å². The molecule has 0 bridgehead atoms. The SMILES string of the molecule is CCOC(=O)c1nn(CC(=O)c2ccc(C)c(C)c2)c(C(=O)OCC)c1C(C)(F)F. The molecule has 162 valence electrons. The van der Waals surface area contributed by atoms with E-state index >= 15 is 0 Å². The van der Waals surface area contributed by atoms with E-state index in [1.54, 1.807) is 18.2 Å². The minimum absolute atomic E-state index is 0.0727. The lowest BCUT2D eigenvalue weighted by Gasteiger charge is -2.13. The van der Waals surface area contributed by atoms with Gasteiger partial charge in [-0.2, -0.15) is 5.10 Å². The molecule has 0 aliphatic carbocycles. The van der Waals surface area contributed by atoms with Crippen LogP contribution in [-0.2, 0) is 21.9 Å². The van der Waals surface area contributed by atoms with E-state index in [2.05, 4.69) is 5.10 Å². The molecule has 0 aliphatic rings. The number of carbonyl (C=O) groups excluding carboxylic acids is 3. The van der Waals surface area contributed by atoms with Crippen molar-refractivity contribution in [2.45, 2.75) is 47.1 Å². The minimum atomic E-state index is -3.61. The summed E-state index contributed by atoms with van der Waals surface area (Å²) in [5.41, 5.74) is -0.113. The summed E-state index contributed by atoms with van der Waals surface area (Å²) in [7, 11) is 0. The predicted octanol–water partition coefficient (Wildman–Crippen LogP) is 3.85. The van der Waals surface area contributed by atoms with Crippen LogP contribution in [0.4, 0.5) is 8.78 Å². The summed E-state index contributed by atoms with van der Waals surface area (Å²) in [6.45, 7) is 6.58. The van der Waals surface area contributed by atoms with Crippen molar-refractivity contribution in [3.63, 3.8) is 0 Å². The number of nitrogens with zero attached hydrogens (tertiary/aromatic N) is 2. The number of benzene rings is 1. The van der Waals surface area contributed by atoms with Crippen molar-refractivity contribution < 1.29 is 32.6 Å². The third kappa shape index (κ3) is 4.90. The molecule has 0 aliphatic heterocycles. The molecule has 0 fully saturated rings. The Morgan fingerprint density at radius 2 is 1.63 bits per heavy atom. The molecule has 0 atom stereocenters. The highest BCUT2D eigenvalue weighted by Gasteiger charge is 2.41. The van der Waals surface area contributed by atoms with Gasteiger partial charge in [0.25, 0.3) is 5.92 Å². The number of esters is 2. The number of ketones is 1. The van der Waals surface area contributed by atoms with Gasteiger partial charge in [-0.1, -0.05) is 12.1 Å². The molecule has 0 amide bonds. The fourth-order valence-corrected chi connectivity index (χ4v) is 2.88. The maximum absolute atomic E-state index is 14.4. The molecule has 7 nitrogen and oxygen atoms in total. The van der Waals surface area contributed by atoms with Gasteiger partial charge in [0.2, 0.25) is 0 Å². The first-order valence-electron chi connectivity index (χ1n) is 9.45. The molecule has 30 heavy (non-hydrogen) atoms. The largest absolute Gasteiger partial charge is 0.461 e. The third-order valence-corrected chi connectivity index (χ3v) is 4.45. The number of aryl methyl sites for hydroxylation is 2. The smallest absolute Gasteiger partial charge is 0.359 e. The number of hydrogen-bond acceptors (Lipinski definition) is 6. The van der Waals surface area contributed by atoms with E-state index in [0.29, 0.717) is 12.5 Å². The summed E-state index contributed by atoms with van der Waals surface area (Å²) in [6, 6.07) is 5.01. The minimum Gasteiger partial charge on any atom is -0.461 e. The Morgan fingerprint density at radius 3 is 2.17 bits per heavy atom. The summed E-state index contributed by atoms with van der Waals surface area (Å²) in [5, 5.41) is 3.84. The first kappa shape index (κ1) is 23.2. The number of aromatic nitrogens is 2. The van der Waals surface area contributed by atoms with Gasteiger partial charge in [0, 0.05) is 12.5 Å². The second kappa shape index (κ2) is 9.15. The maximum atomic E-state index is 14.4. The highest BCUT2D eigenvalue weighted by molar-refractivity contribution is 5.99. The Morgan fingerprint density at radius 1 is 1.03 bits per heavy atom. The van der Waals surface area contributed by atoms with Crippen molar-refractivity contribution in [2.24, 2.45) is 0 Å². The molecule has 1 aromatic carbocycles. The van der Waals surface area contributed by atoms with E-state index < -0.39 is 47.1 Å². The standard InChI is InChI=1S/C21H24F2N2O5/c1-6-29-19(27)17-16(21(5,22)23)18(20(28)30-7-2)25(24-17)11-15(26)14-9-8-12(3)13(4)10-14/h8-10H,6-7,11H2,1-5H3. The van der Waals surface area contributed by atoms with E-state index in [-0.39, 0.29) is 13.2 Å². The van der Waals surface area contributed by atoms with Gasteiger partial charge in [-0.15, -0.1) is 0 Å². The van der Waals surface area contributed by atoms with Gasteiger partial charge < -0.3 is 9.47 Å². The summed E-state index contributed by atoms with van der Waals surface area (Å²) >= 11 is 0. The number of hydrogen-bond donors (Lipinski definition) is 0. The molecular weight excluding hydrogens is 398 g/mol. The summed E-state index contributed by atoms with van der Waals surface area (Å²) in [6.07, 6.45) is 0. The Bertz CT molecular complexity index is 977. The summed E-state index contributed by atoms with van der Waals surface area (Å²) in [5.74, 6) is -6.29. The van der Waals surface area contributed by atoms with Gasteiger partial charge >= 0.3 is 11.9 Å². The Labute approximate surface area is 173 Å². The van der Waals surface area contributed by atoms with E-state index in [4.69, 9.17) is 9.47 Å². The van der Waals surface area contributed by atoms with Gasteiger partial charge in [0.15, 0.2) is 17.2 Å². The number of halogens is 2. The molecule has 0 unspecified atom stereocenters. The van der Waals surface area contributed by atoms with Crippen LogP contribution in [0.3, 0.4) is 0 Å². The normalized spacial score (nSPS) is 11.3. The average Bonchev–Trinajstić information content (AvgIpc) is 3.04. The molecule has 0 N–H and O–H groups in total. The number of carbonyl (C=O) groups is 3. The second-order valence-corrected chi connectivity index (χ2v) is 6.78. The molecular formula is C21H24F2N2O5. The number of ether oxygens (including phenoxy) is 2. The van der Waals surface area contributed by atoms with E-state index in [1.165, 1.54) is 13.8 Å². The van der Waals surface area contributed by atoms with Crippen LogP contribution < -0.4 is 0 Å². The molecule has 0 radical (unpaired) electrons. The fourth-order valence-electron chi connectivity index (χ4n) is 2.88. The fraction of sp³-hybridized carbons (Fsp3) is 0.429. The van der Waals surface area contributed by atoms with Crippen molar-refractivity contribution in [1.82, 2.24) is 9.78 Å². The van der Waals surface area contributed by atoms with E-state index in [0.717, 1.165) is 15.8 Å². The van der Waals surface area contributed by atoms with Crippen molar-refractivity contribution in [3.8, 4) is 0 Å². The van der Waals surface area contributed by atoms with Crippen molar-refractivity contribution >= 4 is 17.7 Å². The van der Waals surface area contributed by atoms with Crippen molar-refractivity contribution in [2.75, 3.05) is 13.2 Å². The van der Waals surface area contributed by atoms with Gasteiger partial charge in [0.05, 0.1) is 18.8 Å². The Balaban J connectivity index is 2.61. The molecule has 2 aromatic rings. The van der Waals surface area contributed by atoms with E-state index in [1.807, 2.05) is 13.8 Å². The van der Waals surface area contributed by atoms with Crippen LogP contribution in [0, 0.1) is 13.8 Å². The number of Topliss-reactive ketones (excluding diaryl/α,β-unsaturated/α-hetero) is 1. The third-order valence-electron chi connectivity index (χ3n) is 4.45. The van der Waals surface area contributed by atoms with Crippen LogP contribution in [0.25, 0.3) is 0 Å². The summed E-state index contributed by atoms with van der Waals surface area (Å²) < 4.78 is 39.3. The zero-order valence-electron chi connectivity index (χ0n) is 17.5. The maximum Gasteiger partial charge on any atom is 0.359 e. The molecule has 0 spiro atoms. The number of alkyl halides is 2. The molecule has 2 rings (SSSR count). The topological polar surface area (TPSA) is 87.5 Å². The second-order valence-electron chi connectivity index (χ2n) is 6.78. The monoisotopic (exact) mass is 422 g/mol. The van der Waals surface area contributed by atoms with Crippen LogP contribution in [0.5, 0.6) is 0 Å². The molecule has 1 aromatic heterocycles. The molecule has 0 saturated carbocycles. The first-order valence-corrected chi connectivity index (χ1v) is 9.45. The van der Waals surface area contributed by atoms with Crippen LogP contribution in [0.15, 0.2) is 18.2 Å². The zero-order valence-corrected chi connectivity index (χ0v) is 17.5. The molecule has 0 saturated heterocycles. The van der Waals surface area contributed by atoms with Gasteiger partial charge in [-0.3, -0.25) is 4.79 Å². The lowest BCUT2D eigenvalue weighted by Crippen LogP contribution is -2.22. The van der Waals surface area contributed by atoms with Crippen molar-refractivity contribution in [1.29, 1.82) is 0 Å². The van der Waals surface area contributed by atoms with Crippen LogP contribution >= 0.6 is 0 Å².